The number of nitrogens with zero attached hydrogens (tertiary/aromatic N) is 1. The normalized spacial score (nSPS) is 19.8. The van der Waals surface area contributed by atoms with Crippen LogP contribution in [0, 0.1) is 11.7 Å². The van der Waals surface area contributed by atoms with Crippen LogP contribution in [-0.2, 0) is 11.3 Å². The highest BCUT2D eigenvalue weighted by atomic mass is 35.5. The lowest BCUT2D eigenvalue weighted by molar-refractivity contribution is 0.0248. The average molecular weight is 416 g/mol. The van der Waals surface area contributed by atoms with Crippen molar-refractivity contribution >= 4 is 29.9 Å². The van der Waals surface area contributed by atoms with Crippen LogP contribution in [0.5, 0.6) is 0 Å². The number of aromatic nitrogens is 1. The number of nitrogens with two attached hydrogens (primary N) is 1. The fourth-order valence-corrected chi connectivity index (χ4v) is 3.25. The van der Waals surface area contributed by atoms with Crippen LogP contribution in [-0.4, -0.2) is 30.2 Å². The van der Waals surface area contributed by atoms with E-state index in [1.54, 1.807) is 18.3 Å². The molecule has 1 aliphatic rings. The largest absolute Gasteiger partial charge is 0.372 e. The first-order chi connectivity index (χ1) is 12.5. The summed E-state index contributed by atoms with van der Waals surface area (Å²) in [5, 5.41) is 3.29. The molecule has 6 nitrogen and oxygen atoms in total. The number of hydrogen-bond acceptors (Lipinski definition) is 4. The zero-order chi connectivity index (χ0) is 18.7. The summed E-state index contributed by atoms with van der Waals surface area (Å²) in [5.41, 5.74) is 5.38. The van der Waals surface area contributed by atoms with E-state index in [2.05, 4.69) is 5.32 Å². The van der Waals surface area contributed by atoms with Crippen LogP contribution in [0.3, 0.4) is 0 Å². The van der Waals surface area contributed by atoms with Gasteiger partial charge in [0.2, 0.25) is 0 Å². The number of primary amides is 1. The molecule has 146 valence electrons. The van der Waals surface area contributed by atoms with Crippen molar-refractivity contribution in [3.05, 3.63) is 68.8 Å². The number of carbonyl (C=O) groups is 1. The monoisotopic (exact) mass is 415 g/mol. The van der Waals surface area contributed by atoms with Crippen LogP contribution in [0.15, 0.2) is 41.3 Å². The quantitative estimate of drug-likeness (QED) is 0.800. The van der Waals surface area contributed by atoms with E-state index in [0.717, 1.165) is 0 Å². The minimum absolute atomic E-state index is 0. The maximum absolute atomic E-state index is 13.9. The lowest BCUT2D eigenvalue weighted by atomic mass is 9.95. The highest BCUT2D eigenvalue weighted by Crippen LogP contribution is 2.30. The Morgan fingerprint density at radius 2 is 2.19 bits per heavy atom. The van der Waals surface area contributed by atoms with Crippen molar-refractivity contribution in [1.82, 2.24) is 9.88 Å². The maximum atomic E-state index is 13.9. The van der Waals surface area contributed by atoms with Crippen LogP contribution in [0.25, 0.3) is 0 Å². The summed E-state index contributed by atoms with van der Waals surface area (Å²) in [7, 11) is 0. The molecule has 2 atom stereocenters. The van der Waals surface area contributed by atoms with Gasteiger partial charge in [-0.1, -0.05) is 17.7 Å². The van der Waals surface area contributed by atoms with Crippen molar-refractivity contribution in [1.29, 1.82) is 0 Å². The van der Waals surface area contributed by atoms with Gasteiger partial charge >= 0.3 is 0 Å². The van der Waals surface area contributed by atoms with Crippen molar-refractivity contribution in [3.8, 4) is 0 Å². The molecule has 0 bridgehead atoms. The third kappa shape index (κ3) is 4.87. The first-order valence-corrected chi connectivity index (χ1v) is 8.61. The standard InChI is InChI=1S/C18H19ClFN3O3.ClH/c19-14-4-3-11(8-15(14)20)16-12(9-22-5-7-26-16)10-23-6-1-2-13(17(21)24)18(23)25;/h1-4,6,8,12,16,22H,5,7,9-10H2,(H2,21,24);1H/t12-,16-;/m0./s1. The summed E-state index contributed by atoms with van der Waals surface area (Å²) in [5.74, 6) is -1.44. The van der Waals surface area contributed by atoms with E-state index in [1.165, 1.54) is 22.8 Å². The highest BCUT2D eigenvalue weighted by molar-refractivity contribution is 6.30. The SMILES string of the molecule is Cl.NC(=O)c1cccn(C[C@@H]2CNCCO[C@H]2c2ccc(Cl)c(F)c2)c1=O. The molecule has 0 spiro atoms. The Bertz CT molecular complexity index is 875. The van der Waals surface area contributed by atoms with Gasteiger partial charge in [0.1, 0.15) is 11.4 Å². The van der Waals surface area contributed by atoms with E-state index >= 15 is 0 Å². The highest BCUT2D eigenvalue weighted by Gasteiger charge is 2.27. The molecular formula is C18H20Cl2FN3O3. The second-order valence-corrected chi connectivity index (χ2v) is 6.58. The topological polar surface area (TPSA) is 86.3 Å². The lowest BCUT2D eigenvalue weighted by Gasteiger charge is -2.26. The predicted molar refractivity (Wildman–Crippen MR) is 103 cm³/mol. The molecule has 1 saturated heterocycles. The molecule has 2 heterocycles. The van der Waals surface area contributed by atoms with Crippen LogP contribution < -0.4 is 16.6 Å². The smallest absolute Gasteiger partial charge is 0.263 e. The summed E-state index contributed by atoms with van der Waals surface area (Å²) in [6.07, 6.45) is 1.18. The number of pyridine rings is 1. The maximum Gasteiger partial charge on any atom is 0.263 e. The van der Waals surface area contributed by atoms with Crippen molar-refractivity contribution in [3.63, 3.8) is 0 Å². The van der Waals surface area contributed by atoms with Crippen molar-refractivity contribution in [2.75, 3.05) is 19.7 Å². The summed E-state index contributed by atoms with van der Waals surface area (Å²) in [4.78, 5) is 23.8. The molecule has 1 aliphatic heterocycles. The fourth-order valence-electron chi connectivity index (χ4n) is 3.13. The molecule has 2 aromatic rings. The molecule has 27 heavy (non-hydrogen) atoms. The molecule has 3 N–H and O–H groups in total. The van der Waals surface area contributed by atoms with Gasteiger partial charge in [-0.25, -0.2) is 4.39 Å². The minimum atomic E-state index is -0.768. The Morgan fingerprint density at radius 3 is 2.89 bits per heavy atom. The van der Waals surface area contributed by atoms with Gasteiger partial charge in [-0.2, -0.15) is 0 Å². The Kier molecular flexibility index (Phi) is 7.38. The molecule has 1 amide bonds. The number of hydrogen-bond donors (Lipinski definition) is 2. The van der Waals surface area contributed by atoms with E-state index < -0.39 is 23.4 Å². The number of amides is 1. The van der Waals surface area contributed by atoms with E-state index in [-0.39, 0.29) is 28.9 Å². The van der Waals surface area contributed by atoms with Gasteiger partial charge < -0.3 is 20.4 Å². The molecule has 1 aromatic carbocycles. The molecule has 1 fully saturated rings. The molecule has 9 heteroatoms. The van der Waals surface area contributed by atoms with Gasteiger partial charge in [0.05, 0.1) is 17.7 Å². The number of rotatable bonds is 4. The van der Waals surface area contributed by atoms with Crippen LogP contribution in [0.2, 0.25) is 5.02 Å². The molecular weight excluding hydrogens is 396 g/mol. The Labute approximate surface area is 166 Å². The third-order valence-electron chi connectivity index (χ3n) is 4.40. The molecule has 1 aromatic heterocycles. The first-order valence-electron chi connectivity index (χ1n) is 8.24. The average Bonchev–Trinajstić information content (AvgIpc) is 2.84. The van der Waals surface area contributed by atoms with Gasteiger partial charge in [-0.05, 0) is 29.8 Å². The summed E-state index contributed by atoms with van der Waals surface area (Å²) in [6, 6.07) is 7.56. The fraction of sp³-hybridized carbons (Fsp3) is 0.333. The lowest BCUT2D eigenvalue weighted by Crippen LogP contribution is -2.35. The van der Waals surface area contributed by atoms with E-state index in [4.69, 9.17) is 22.1 Å². The third-order valence-corrected chi connectivity index (χ3v) is 4.71. The first kappa shape index (κ1) is 21.4. The molecule has 0 unspecified atom stereocenters. The number of benzene rings is 1. The minimum Gasteiger partial charge on any atom is -0.372 e. The zero-order valence-electron chi connectivity index (χ0n) is 14.4. The van der Waals surface area contributed by atoms with Crippen LogP contribution >= 0.6 is 24.0 Å². The van der Waals surface area contributed by atoms with Crippen LogP contribution in [0.4, 0.5) is 4.39 Å². The predicted octanol–water partition coefficient (Wildman–Crippen LogP) is 2.14. The van der Waals surface area contributed by atoms with Gasteiger partial charge in [-0.3, -0.25) is 9.59 Å². The number of ether oxygens (including phenoxy) is 1. The van der Waals surface area contributed by atoms with Gasteiger partial charge in [0.25, 0.3) is 11.5 Å². The van der Waals surface area contributed by atoms with E-state index in [1.807, 2.05) is 0 Å². The Morgan fingerprint density at radius 1 is 1.41 bits per heavy atom. The number of carbonyl (C=O) groups excluding carboxylic acids is 1. The molecule has 0 aliphatic carbocycles. The summed E-state index contributed by atoms with van der Waals surface area (Å²) >= 11 is 5.77. The molecule has 0 radical (unpaired) electrons. The van der Waals surface area contributed by atoms with Gasteiger partial charge in [-0.15, -0.1) is 12.4 Å². The second-order valence-electron chi connectivity index (χ2n) is 6.17. The van der Waals surface area contributed by atoms with Crippen molar-refractivity contribution in [2.45, 2.75) is 12.6 Å². The zero-order valence-corrected chi connectivity index (χ0v) is 15.9. The van der Waals surface area contributed by atoms with Gasteiger partial charge in [0.15, 0.2) is 0 Å². The number of halogens is 3. The van der Waals surface area contributed by atoms with E-state index in [0.29, 0.717) is 31.8 Å². The Hall–Kier alpha value is -1.93. The van der Waals surface area contributed by atoms with Crippen molar-refractivity contribution < 1.29 is 13.9 Å². The van der Waals surface area contributed by atoms with Crippen LogP contribution in [0.1, 0.15) is 22.0 Å². The Balaban J connectivity index is 0.00000261. The molecule has 0 saturated carbocycles. The number of nitrogens with one attached hydrogen (secondary N) is 1. The van der Waals surface area contributed by atoms with Gasteiger partial charge in [0, 0.05) is 31.7 Å². The van der Waals surface area contributed by atoms with Crippen molar-refractivity contribution in [2.24, 2.45) is 11.7 Å². The summed E-state index contributed by atoms with van der Waals surface area (Å²) in [6.45, 7) is 1.98. The second kappa shape index (κ2) is 9.32. The van der Waals surface area contributed by atoms with E-state index in [9.17, 15) is 14.0 Å². The summed E-state index contributed by atoms with van der Waals surface area (Å²) < 4.78 is 21.2. The molecule has 3 rings (SSSR count).